The van der Waals surface area contributed by atoms with Gasteiger partial charge in [-0.1, -0.05) is 20.8 Å². The molecule has 0 spiro atoms. The first-order valence-electron chi connectivity index (χ1n) is 6.29. The van der Waals surface area contributed by atoms with E-state index < -0.39 is 10.0 Å². The maximum Gasteiger partial charge on any atom is 0.242 e. The van der Waals surface area contributed by atoms with Crippen LogP contribution >= 0.6 is 0 Å². The summed E-state index contributed by atoms with van der Waals surface area (Å²) in [5, 5.41) is 3.28. The molecule has 0 aliphatic carbocycles. The highest BCUT2D eigenvalue weighted by atomic mass is 32.2. The summed E-state index contributed by atoms with van der Waals surface area (Å²) >= 11 is 0. The zero-order valence-electron chi connectivity index (χ0n) is 11.9. The van der Waals surface area contributed by atoms with Crippen molar-refractivity contribution in [1.82, 2.24) is 4.72 Å². The second-order valence-corrected chi connectivity index (χ2v) is 7.19. The molecular formula is C13H23N3O2S. The van der Waals surface area contributed by atoms with E-state index in [1.807, 2.05) is 0 Å². The van der Waals surface area contributed by atoms with Crippen molar-refractivity contribution in [1.29, 1.82) is 0 Å². The Labute approximate surface area is 115 Å². The molecule has 0 heterocycles. The number of anilines is 2. The Bertz CT molecular complexity index is 539. The van der Waals surface area contributed by atoms with Crippen LogP contribution in [0, 0.1) is 5.41 Å². The summed E-state index contributed by atoms with van der Waals surface area (Å²) < 4.78 is 25.6. The number of nitrogen functional groups attached to an aromatic ring is 1. The lowest BCUT2D eigenvalue weighted by atomic mass is 9.90. The van der Waals surface area contributed by atoms with Gasteiger partial charge < -0.3 is 11.1 Å². The van der Waals surface area contributed by atoms with Crippen LogP contribution in [-0.2, 0) is 10.0 Å². The van der Waals surface area contributed by atoms with Crippen molar-refractivity contribution in [2.24, 2.45) is 5.41 Å². The molecular weight excluding hydrogens is 262 g/mol. The van der Waals surface area contributed by atoms with Crippen molar-refractivity contribution in [3.05, 3.63) is 18.2 Å². The van der Waals surface area contributed by atoms with Crippen LogP contribution in [0.25, 0.3) is 0 Å². The molecule has 0 atom stereocenters. The van der Waals surface area contributed by atoms with E-state index in [-0.39, 0.29) is 16.0 Å². The molecule has 0 saturated carbocycles. The number of nitrogens with two attached hydrogens (primary N) is 1. The van der Waals surface area contributed by atoms with Crippen molar-refractivity contribution >= 4 is 21.4 Å². The fraction of sp³-hybridized carbons (Fsp3) is 0.538. The minimum absolute atomic E-state index is 0.107. The summed E-state index contributed by atoms with van der Waals surface area (Å²) in [5.41, 5.74) is 7.05. The minimum Gasteiger partial charge on any atom is -0.398 e. The van der Waals surface area contributed by atoms with E-state index in [1.165, 1.54) is 13.1 Å². The summed E-state index contributed by atoms with van der Waals surface area (Å²) in [6, 6.07) is 4.89. The van der Waals surface area contributed by atoms with Gasteiger partial charge in [0, 0.05) is 12.2 Å². The Morgan fingerprint density at radius 1 is 1.32 bits per heavy atom. The first-order valence-corrected chi connectivity index (χ1v) is 7.77. The Morgan fingerprint density at radius 3 is 2.42 bits per heavy atom. The van der Waals surface area contributed by atoms with Crippen LogP contribution in [0.1, 0.15) is 27.2 Å². The molecule has 0 aliphatic heterocycles. The van der Waals surface area contributed by atoms with Gasteiger partial charge in [-0.15, -0.1) is 0 Å². The fourth-order valence-corrected chi connectivity index (χ4v) is 2.32. The zero-order chi connectivity index (χ0) is 14.7. The van der Waals surface area contributed by atoms with Gasteiger partial charge in [-0.3, -0.25) is 0 Å². The van der Waals surface area contributed by atoms with E-state index >= 15 is 0 Å². The summed E-state index contributed by atoms with van der Waals surface area (Å²) in [6.45, 7) is 7.28. The van der Waals surface area contributed by atoms with Gasteiger partial charge in [0.05, 0.1) is 5.69 Å². The molecule has 108 valence electrons. The molecule has 1 aromatic carbocycles. The average molecular weight is 285 g/mol. The van der Waals surface area contributed by atoms with Crippen LogP contribution in [0.2, 0.25) is 0 Å². The molecule has 1 rings (SSSR count). The first-order chi connectivity index (χ1) is 8.72. The Kier molecular flexibility index (Phi) is 4.81. The van der Waals surface area contributed by atoms with Crippen molar-refractivity contribution in [2.45, 2.75) is 32.1 Å². The summed E-state index contributed by atoms with van der Waals surface area (Å²) in [5.74, 6) is 0. The van der Waals surface area contributed by atoms with Gasteiger partial charge in [0.25, 0.3) is 0 Å². The molecule has 0 fully saturated rings. The van der Waals surface area contributed by atoms with Gasteiger partial charge >= 0.3 is 0 Å². The van der Waals surface area contributed by atoms with Crippen LogP contribution in [0.4, 0.5) is 11.4 Å². The molecule has 0 aliphatic rings. The van der Waals surface area contributed by atoms with Gasteiger partial charge in [0.2, 0.25) is 10.0 Å². The van der Waals surface area contributed by atoms with Crippen molar-refractivity contribution in [3.63, 3.8) is 0 Å². The number of hydrogen-bond acceptors (Lipinski definition) is 4. The maximum absolute atomic E-state index is 11.7. The summed E-state index contributed by atoms with van der Waals surface area (Å²) in [4.78, 5) is 0.107. The fourth-order valence-electron chi connectivity index (χ4n) is 1.48. The lowest BCUT2D eigenvalue weighted by Gasteiger charge is -2.23. The van der Waals surface area contributed by atoms with Crippen LogP contribution in [0.15, 0.2) is 23.1 Å². The van der Waals surface area contributed by atoms with Crippen LogP contribution in [0.3, 0.4) is 0 Å². The van der Waals surface area contributed by atoms with Gasteiger partial charge in [0.15, 0.2) is 0 Å². The van der Waals surface area contributed by atoms with E-state index in [4.69, 9.17) is 5.73 Å². The van der Waals surface area contributed by atoms with Gasteiger partial charge in [-0.05, 0) is 37.1 Å². The average Bonchev–Trinajstić information content (AvgIpc) is 2.36. The monoisotopic (exact) mass is 285 g/mol. The second-order valence-electron chi connectivity index (χ2n) is 5.33. The van der Waals surface area contributed by atoms with Gasteiger partial charge in [-0.25, -0.2) is 13.1 Å². The highest BCUT2D eigenvalue weighted by Gasteiger charge is 2.17. The highest BCUT2D eigenvalue weighted by molar-refractivity contribution is 7.89. The standard InChI is InChI=1S/C13H23N3O2S/c1-5-13(2,3)9-16-10-6-7-12(11(14)8-10)19(17,18)15-4/h6-8,15-16H,5,9,14H2,1-4H3. The van der Waals surface area contributed by atoms with E-state index in [0.717, 1.165) is 18.7 Å². The molecule has 0 aromatic heterocycles. The molecule has 0 amide bonds. The second kappa shape index (κ2) is 5.79. The smallest absolute Gasteiger partial charge is 0.242 e. The van der Waals surface area contributed by atoms with Crippen LogP contribution < -0.4 is 15.8 Å². The lowest BCUT2D eigenvalue weighted by Crippen LogP contribution is -2.22. The van der Waals surface area contributed by atoms with Crippen molar-refractivity contribution in [2.75, 3.05) is 24.6 Å². The molecule has 0 saturated heterocycles. The molecule has 0 bridgehead atoms. The van der Waals surface area contributed by atoms with Gasteiger partial charge in [-0.2, -0.15) is 0 Å². The molecule has 0 unspecified atom stereocenters. The number of sulfonamides is 1. The molecule has 4 N–H and O–H groups in total. The Hall–Kier alpha value is -1.27. The SMILES string of the molecule is CCC(C)(C)CNc1ccc(S(=O)(=O)NC)c(N)c1. The zero-order valence-corrected chi connectivity index (χ0v) is 12.8. The molecule has 19 heavy (non-hydrogen) atoms. The summed E-state index contributed by atoms with van der Waals surface area (Å²) in [7, 11) is -2.13. The number of rotatable bonds is 6. The third-order valence-corrected chi connectivity index (χ3v) is 4.78. The topological polar surface area (TPSA) is 84.2 Å². The highest BCUT2D eigenvalue weighted by Crippen LogP contribution is 2.24. The third kappa shape index (κ3) is 4.11. The van der Waals surface area contributed by atoms with Crippen LogP contribution in [-0.4, -0.2) is 22.0 Å². The normalized spacial score (nSPS) is 12.4. The van der Waals surface area contributed by atoms with Crippen molar-refractivity contribution < 1.29 is 8.42 Å². The minimum atomic E-state index is -3.50. The number of hydrogen-bond donors (Lipinski definition) is 3. The molecule has 5 nitrogen and oxygen atoms in total. The molecule has 6 heteroatoms. The maximum atomic E-state index is 11.7. The van der Waals surface area contributed by atoms with Gasteiger partial charge in [0.1, 0.15) is 4.90 Å². The van der Waals surface area contributed by atoms with E-state index in [1.54, 1.807) is 12.1 Å². The largest absolute Gasteiger partial charge is 0.398 e. The predicted molar refractivity (Wildman–Crippen MR) is 79.7 cm³/mol. The first kappa shape index (κ1) is 15.8. The van der Waals surface area contributed by atoms with Crippen molar-refractivity contribution in [3.8, 4) is 0 Å². The van der Waals surface area contributed by atoms with E-state index in [9.17, 15) is 8.42 Å². The summed E-state index contributed by atoms with van der Waals surface area (Å²) in [6.07, 6.45) is 1.06. The number of nitrogens with one attached hydrogen (secondary N) is 2. The Morgan fingerprint density at radius 2 is 1.95 bits per heavy atom. The molecule has 0 radical (unpaired) electrons. The Balaban J connectivity index is 2.90. The quantitative estimate of drug-likeness (QED) is 0.698. The van der Waals surface area contributed by atoms with Crippen LogP contribution in [0.5, 0.6) is 0 Å². The number of benzene rings is 1. The van der Waals surface area contributed by atoms with E-state index in [0.29, 0.717) is 0 Å². The molecule has 1 aromatic rings. The lowest BCUT2D eigenvalue weighted by molar-refractivity contribution is 0.377. The predicted octanol–water partition coefficient (Wildman–Crippen LogP) is 2.02. The van der Waals surface area contributed by atoms with E-state index in [2.05, 4.69) is 30.8 Å². The third-order valence-electron chi connectivity index (χ3n) is 3.30.